The summed E-state index contributed by atoms with van der Waals surface area (Å²) < 4.78 is 0.378. The molecule has 4 atom stereocenters. The van der Waals surface area contributed by atoms with Crippen LogP contribution in [0.2, 0.25) is 0 Å². The van der Waals surface area contributed by atoms with Crippen molar-refractivity contribution in [2.75, 3.05) is 4.90 Å². The Kier molecular flexibility index (Phi) is 2.78. The van der Waals surface area contributed by atoms with Gasteiger partial charge in [-0.3, -0.25) is 19.7 Å². The number of halogens is 1. The number of nitro groups is 1. The normalized spacial score (nSPS) is 32.0. The number of non-ortho nitro benzene ring substituents is 1. The highest BCUT2D eigenvalue weighted by molar-refractivity contribution is 9.10. The number of fused-ring (bicyclic) bond motifs is 5. The smallest absolute Gasteiger partial charge is 0.270 e. The van der Waals surface area contributed by atoms with Crippen LogP contribution in [0, 0.1) is 33.8 Å². The highest BCUT2D eigenvalue weighted by Crippen LogP contribution is 2.53. The topological polar surface area (TPSA) is 80.5 Å². The first-order valence-electron chi connectivity index (χ1n) is 6.99. The summed E-state index contributed by atoms with van der Waals surface area (Å²) in [6.07, 6.45) is 4.94. The number of rotatable bonds is 2. The fourth-order valence-electron chi connectivity index (χ4n) is 3.93. The number of nitro benzene ring substituents is 1. The van der Waals surface area contributed by atoms with Gasteiger partial charge in [-0.1, -0.05) is 12.2 Å². The Bertz CT molecular complexity index is 730. The van der Waals surface area contributed by atoms with Crippen molar-refractivity contribution in [3.05, 3.63) is 44.9 Å². The minimum absolute atomic E-state index is 0.0864. The lowest BCUT2D eigenvalue weighted by Crippen LogP contribution is -2.33. The van der Waals surface area contributed by atoms with E-state index in [0.29, 0.717) is 10.2 Å². The van der Waals surface area contributed by atoms with Crippen molar-refractivity contribution in [2.24, 2.45) is 23.7 Å². The van der Waals surface area contributed by atoms with Gasteiger partial charge in [-0.15, -0.1) is 0 Å². The molecule has 1 heterocycles. The third-order valence-corrected chi connectivity index (χ3v) is 5.49. The van der Waals surface area contributed by atoms with E-state index >= 15 is 0 Å². The summed E-state index contributed by atoms with van der Waals surface area (Å²) in [5.41, 5.74) is 0.297. The van der Waals surface area contributed by atoms with E-state index in [-0.39, 0.29) is 41.2 Å². The molecule has 1 aromatic carbocycles. The molecular weight excluding hydrogens is 352 g/mol. The molecule has 6 nitrogen and oxygen atoms in total. The van der Waals surface area contributed by atoms with E-state index in [4.69, 9.17) is 0 Å². The van der Waals surface area contributed by atoms with Crippen LogP contribution in [0.4, 0.5) is 11.4 Å². The zero-order valence-electron chi connectivity index (χ0n) is 11.3. The second kappa shape index (κ2) is 4.49. The Morgan fingerprint density at radius 1 is 1.14 bits per heavy atom. The third-order valence-electron chi connectivity index (χ3n) is 4.85. The Labute approximate surface area is 134 Å². The highest BCUT2D eigenvalue weighted by atomic mass is 79.9. The summed E-state index contributed by atoms with van der Waals surface area (Å²) in [6, 6.07) is 4.08. The van der Waals surface area contributed by atoms with Gasteiger partial charge in [0, 0.05) is 16.6 Å². The SMILES string of the molecule is O=C1[C@@H]2[C@@H](C(=O)N1c1ccc([N+](=O)[O-])cc1Br)[C@H]1C=C[C@H]2C1. The van der Waals surface area contributed by atoms with E-state index in [9.17, 15) is 19.7 Å². The molecule has 0 aromatic heterocycles. The molecular formula is C15H11BrN2O4. The number of hydrogen-bond donors (Lipinski definition) is 0. The van der Waals surface area contributed by atoms with E-state index in [1.807, 2.05) is 12.2 Å². The van der Waals surface area contributed by atoms with Crippen LogP contribution in [0.3, 0.4) is 0 Å². The Hall–Kier alpha value is -2.02. The number of anilines is 1. The summed E-state index contributed by atoms with van der Waals surface area (Å²) in [7, 11) is 0. The lowest BCUT2D eigenvalue weighted by Gasteiger charge is -2.18. The van der Waals surface area contributed by atoms with Gasteiger partial charge in [0.05, 0.1) is 22.4 Å². The maximum absolute atomic E-state index is 12.7. The highest BCUT2D eigenvalue weighted by Gasteiger charge is 2.59. The average Bonchev–Trinajstić information content (AvgIpc) is 3.14. The summed E-state index contributed by atoms with van der Waals surface area (Å²) >= 11 is 3.24. The van der Waals surface area contributed by atoms with Gasteiger partial charge in [0.2, 0.25) is 11.8 Å². The van der Waals surface area contributed by atoms with Crippen molar-refractivity contribution in [2.45, 2.75) is 6.42 Å². The predicted octanol–water partition coefficient (Wildman–Crippen LogP) is 2.67. The molecule has 22 heavy (non-hydrogen) atoms. The van der Waals surface area contributed by atoms with Crippen molar-refractivity contribution < 1.29 is 14.5 Å². The molecule has 7 heteroatoms. The maximum atomic E-state index is 12.7. The summed E-state index contributed by atoms with van der Waals surface area (Å²) in [5, 5.41) is 10.8. The van der Waals surface area contributed by atoms with E-state index < -0.39 is 4.92 Å². The van der Waals surface area contributed by atoms with E-state index in [0.717, 1.165) is 6.42 Å². The lowest BCUT2D eigenvalue weighted by atomic mass is 9.85. The van der Waals surface area contributed by atoms with Gasteiger partial charge in [-0.2, -0.15) is 0 Å². The number of allylic oxidation sites excluding steroid dienone is 2. The Morgan fingerprint density at radius 3 is 2.23 bits per heavy atom. The summed E-state index contributed by atoms with van der Waals surface area (Å²) in [5.74, 6) is -0.640. The van der Waals surface area contributed by atoms with Gasteiger partial charge >= 0.3 is 0 Å². The van der Waals surface area contributed by atoms with Crippen molar-refractivity contribution in [3.63, 3.8) is 0 Å². The standard InChI is InChI=1S/C15H11BrN2O4/c16-10-6-9(18(21)22)3-4-11(10)17-14(19)12-7-1-2-8(5-7)13(12)15(17)20/h1-4,6-8,12-13H,5H2/t7-,8-,12-,13-/m0/s1. The molecule has 1 aliphatic heterocycles. The first-order chi connectivity index (χ1) is 10.5. The monoisotopic (exact) mass is 362 g/mol. The molecule has 1 saturated carbocycles. The van der Waals surface area contributed by atoms with Gasteiger partial charge in [-0.05, 0) is 40.3 Å². The van der Waals surface area contributed by atoms with Crippen LogP contribution in [0.5, 0.6) is 0 Å². The number of carbonyl (C=O) groups is 2. The molecule has 3 aliphatic rings. The van der Waals surface area contributed by atoms with Crippen LogP contribution in [0.15, 0.2) is 34.8 Å². The fraction of sp³-hybridized carbons (Fsp3) is 0.333. The predicted molar refractivity (Wildman–Crippen MR) is 81.0 cm³/mol. The molecule has 2 aliphatic carbocycles. The number of benzene rings is 1. The Balaban J connectivity index is 1.74. The summed E-state index contributed by atoms with van der Waals surface area (Å²) in [4.78, 5) is 36.8. The fourth-order valence-corrected chi connectivity index (χ4v) is 4.47. The van der Waals surface area contributed by atoms with E-state index in [2.05, 4.69) is 15.9 Å². The number of carbonyl (C=O) groups excluding carboxylic acids is 2. The number of imide groups is 1. The first kappa shape index (κ1) is 13.6. The molecule has 4 rings (SSSR count). The molecule has 2 bridgehead atoms. The molecule has 0 radical (unpaired) electrons. The minimum atomic E-state index is -0.513. The largest absolute Gasteiger partial charge is 0.274 e. The van der Waals surface area contributed by atoms with Crippen molar-refractivity contribution in [1.29, 1.82) is 0 Å². The second-order valence-electron chi connectivity index (χ2n) is 5.90. The minimum Gasteiger partial charge on any atom is -0.274 e. The second-order valence-corrected chi connectivity index (χ2v) is 6.76. The molecule has 1 saturated heterocycles. The molecule has 2 amide bonds. The molecule has 0 N–H and O–H groups in total. The van der Waals surface area contributed by atoms with Crippen LogP contribution >= 0.6 is 15.9 Å². The van der Waals surface area contributed by atoms with Crippen LogP contribution in [0.1, 0.15) is 6.42 Å². The molecule has 2 fully saturated rings. The summed E-state index contributed by atoms with van der Waals surface area (Å²) in [6.45, 7) is 0. The van der Waals surface area contributed by atoms with Crippen LogP contribution in [-0.2, 0) is 9.59 Å². The molecule has 112 valence electrons. The number of hydrogen-bond acceptors (Lipinski definition) is 4. The average molecular weight is 363 g/mol. The zero-order valence-corrected chi connectivity index (χ0v) is 12.9. The molecule has 0 unspecified atom stereocenters. The van der Waals surface area contributed by atoms with Crippen molar-refractivity contribution in [3.8, 4) is 0 Å². The molecule has 1 aromatic rings. The maximum Gasteiger partial charge on any atom is 0.270 e. The van der Waals surface area contributed by atoms with Gasteiger partial charge in [0.25, 0.3) is 5.69 Å². The number of nitrogens with zero attached hydrogens (tertiary/aromatic N) is 2. The van der Waals surface area contributed by atoms with Gasteiger partial charge < -0.3 is 0 Å². The van der Waals surface area contributed by atoms with E-state index in [1.165, 1.54) is 23.1 Å². The first-order valence-corrected chi connectivity index (χ1v) is 7.78. The quantitative estimate of drug-likeness (QED) is 0.350. The molecule has 0 spiro atoms. The van der Waals surface area contributed by atoms with E-state index in [1.54, 1.807) is 0 Å². The van der Waals surface area contributed by atoms with Crippen LogP contribution in [-0.4, -0.2) is 16.7 Å². The Morgan fingerprint density at radius 2 is 1.73 bits per heavy atom. The van der Waals surface area contributed by atoms with Gasteiger partial charge in [0.1, 0.15) is 0 Å². The van der Waals surface area contributed by atoms with Crippen molar-refractivity contribution in [1.82, 2.24) is 0 Å². The van der Waals surface area contributed by atoms with Gasteiger partial charge in [0.15, 0.2) is 0 Å². The van der Waals surface area contributed by atoms with Crippen molar-refractivity contribution >= 4 is 39.1 Å². The third kappa shape index (κ3) is 1.65. The van der Waals surface area contributed by atoms with Crippen LogP contribution in [0.25, 0.3) is 0 Å². The number of amides is 2. The zero-order chi connectivity index (χ0) is 15.6. The van der Waals surface area contributed by atoms with Crippen LogP contribution < -0.4 is 4.90 Å². The van der Waals surface area contributed by atoms with Gasteiger partial charge in [-0.25, -0.2) is 4.90 Å². The lowest BCUT2D eigenvalue weighted by molar-refractivity contribution is -0.384.